The van der Waals surface area contributed by atoms with Crippen LogP contribution in [0.2, 0.25) is 0 Å². The number of ether oxygens (including phenoxy) is 2. The monoisotopic (exact) mass is 426 g/mol. The molecule has 0 aliphatic carbocycles. The highest BCUT2D eigenvalue weighted by Crippen LogP contribution is 2.34. The molecular weight excluding hydrogens is 404 g/mol. The highest BCUT2D eigenvalue weighted by atomic mass is 32.2. The summed E-state index contributed by atoms with van der Waals surface area (Å²) in [6, 6.07) is 12.5. The zero-order valence-corrected chi connectivity index (χ0v) is 17.7. The molecule has 156 valence electrons. The maximum absolute atomic E-state index is 12.7. The number of rotatable bonds is 7. The molecule has 7 nitrogen and oxygen atoms in total. The second-order valence-corrected chi connectivity index (χ2v) is 7.52. The highest BCUT2D eigenvalue weighted by molar-refractivity contribution is 8.18. The Morgan fingerprint density at radius 3 is 2.53 bits per heavy atom. The number of imide groups is 1. The average molecular weight is 426 g/mol. The second kappa shape index (κ2) is 9.49. The zero-order valence-electron chi connectivity index (χ0n) is 16.9. The number of methoxy groups -OCH3 is 1. The molecule has 1 fully saturated rings. The summed E-state index contributed by atoms with van der Waals surface area (Å²) in [6.45, 7) is 3.97. The van der Waals surface area contributed by atoms with Crippen molar-refractivity contribution < 1.29 is 23.9 Å². The Labute approximate surface area is 179 Å². The van der Waals surface area contributed by atoms with Crippen LogP contribution < -0.4 is 14.8 Å². The molecule has 1 saturated heterocycles. The quantitative estimate of drug-likeness (QED) is 0.672. The fourth-order valence-electron chi connectivity index (χ4n) is 2.82. The minimum absolute atomic E-state index is 0.245. The van der Waals surface area contributed by atoms with Crippen molar-refractivity contribution >= 4 is 40.6 Å². The van der Waals surface area contributed by atoms with Gasteiger partial charge >= 0.3 is 0 Å². The third-order valence-corrected chi connectivity index (χ3v) is 5.20. The number of aryl methyl sites for hydroxylation is 1. The van der Waals surface area contributed by atoms with E-state index in [0.717, 1.165) is 22.2 Å². The highest BCUT2D eigenvalue weighted by Gasteiger charge is 2.36. The van der Waals surface area contributed by atoms with E-state index in [2.05, 4.69) is 5.32 Å². The lowest BCUT2D eigenvalue weighted by atomic mass is 10.2. The van der Waals surface area contributed by atoms with Crippen molar-refractivity contribution in [2.24, 2.45) is 0 Å². The summed E-state index contributed by atoms with van der Waals surface area (Å²) in [5.41, 5.74) is 2.36. The summed E-state index contributed by atoms with van der Waals surface area (Å²) in [6.07, 6.45) is 1.60. The van der Waals surface area contributed by atoms with Crippen LogP contribution >= 0.6 is 11.8 Å². The number of benzene rings is 2. The van der Waals surface area contributed by atoms with Crippen LogP contribution in [-0.4, -0.2) is 42.2 Å². The normalized spacial score (nSPS) is 14.9. The first kappa shape index (κ1) is 21.4. The van der Waals surface area contributed by atoms with Gasteiger partial charge in [0.1, 0.15) is 6.54 Å². The molecule has 8 heteroatoms. The Morgan fingerprint density at radius 1 is 1.13 bits per heavy atom. The molecule has 3 rings (SSSR count). The minimum Gasteiger partial charge on any atom is -0.493 e. The van der Waals surface area contributed by atoms with Gasteiger partial charge in [-0.15, -0.1) is 0 Å². The Balaban J connectivity index is 1.71. The molecular formula is C22H22N2O5S. The standard InChI is InChI=1S/C22H22N2O5S/c1-4-29-17-10-7-15(11-18(17)28-3)12-19-21(26)24(22(27)30-19)13-20(25)23-16-8-5-14(2)6-9-16/h5-12H,4,13H2,1-3H3,(H,23,25)/b19-12+. The van der Waals surface area contributed by atoms with E-state index in [0.29, 0.717) is 29.4 Å². The summed E-state index contributed by atoms with van der Waals surface area (Å²) in [5.74, 6) is 0.183. The van der Waals surface area contributed by atoms with Gasteiger partial charge in [-0.2, -0.15) is 0 Å². The number of carbonyl (C=O) groups is 3. The molecule has 2 aromatic rings. The summed E-state index contributed by atoms with van der Waals surface area (Å²) in [5, 5.41) is 2.21. The van der Waals surface area contributed by atoms with E-state index in [1.165, 1.54) is 7.11 Å². The number of carbonyl (C=O) groups excluding carboxylic acids is 3. The van der Waals surface area contributed by atoms with Gasteiger partial charge in [-0.1, -0.05) is 23.8 Å². The molecule has 0 saturated carbocycles. The van der Waals surface area contributed by atoms with Crippen LogP contribution in [0.15, 0.2) is 47.4 Å². The summed E-state index contributed by atoms with van der Waals surface area (Å²) in [7, 11) is 1.53. The SMILES string of the molecule is CCOc1ccc(/C=C2/SC(=O)N(CC(=O)Nc3ccc(C)cc3)C2=O)cc1OC. The first-order valence-corrected chi connectivity index (χ1v) is 10.2. The van der Waals surface area contributed by atoms with E-state index in [9.17, 15) is 14.4 Å². The van der Waals surface area contributed by atoms with Gasteiger partial charge in [0, 0.05) is 5.69 Å². The van der Waals surface area contributed by atoms with Gasteiger partial charge in [0.25, 0.3) is 11.1 Å². The number of hydrogen-bond acceptors (Lipinski definition) is 6. The van der Waals surface area contributed by atoms with Crippen molar-refractivity contribution in [3.05, 3.63) is 58.5 Å². The van der Waals surface area contributed by atoms with Crippen LogP contribution in [0.1, 0.15) is 18.1 Å². The van der Waals surface area contributed by atoms with E-state index < -0.39 is 17.1 Å². The number of hydrogen-bond donors (Lipinski definition) is 1. The molecule has 0 spiro atoms. The number of anilines is 1. The van der Waals surface area contributed by atoms with E-state index in [4.69, 9.17) is 9.47 Å². The Hall–Kier alpha value is -3.26. The zero-order chi connectivity index (χ0) is 21.7. The number of nitrogens with one attached hydrogen (secondary N) is 1. The lowest BCUT2D eigenvalue weighted by Crippen LogP contribution is -2.36. The number of thioether (sulfide) groups is 1. The van der Waals surface area contributed by atoms with Gasteiger partial charge < -0.3 is 14.8 Å². The van der Waals surface area contributed by atoms with Crippen LogP contribution in [0.5, 0.6) is 11.5 Å². The average Bonchev–Trinajstić information content (AvgIpc) is 2.98. The van der Waals surface area contributed by atoms with E-state index in [1.807, 2.05) is 26.0 Å². The van der Waals surface area contributed by atoms with Gasteiger partial charge in [0.15, 0.2) is 11.5 Å². The molecule has 1 aliphatic rings. The Morgan fingerprint density at radius 2 is 1.87 bits per heavy atom. The van der Waals surface area contributed by atoms with Gasteiger partial charge in [0.2, 0.25) is 5.91 Å². The first-order valence-electron chi connectivity index (χ1n) is 9.34. The van der Waals surface area contributed by atoms with Crippen molar-refractivity contribution in [2.75, 3.05) is 25.6 Å². The molecule has 0 aromatic heterocycles. The minimum atomic E-state index is -0.503. The van der Waals surface area contributed by atoms with Crippen LogP contribution in [0.4, 0.5) is 10.5 Å². The van der Waals surface area contributed by atoms with Crippen molar-refractivity contribution in [2.45, 2.75) is 13.8 Å². The topological polar surface area (TPSA) is 84.9 Å². The molecule has 1 heterocycles. The number of nitrogens with zero attached hydrogens (tertiary/aromatic N) is 1. The van der Waals surface area contributed by atoms with Gasteiger partial charge in [-0.3, -0.25) is 19.3 Å². The molecule has 0 radical (unpaired) electrons. The van der Waals surface area contributed by atoms with Crippen molar-refractivity contribution in [1.82, 2.24) is 4.90 Å². The molecule has 0 atom stereocenters. The molecule has 0 bridgehead atoms. The first-order chi connectivity index (χ1) is 14.4. The lowest BCUT2D eigenvalue weighted by Gasteiger charge is -2.12. The summed E-state index contributed by atoms with van der Waals surface area (Å²) in [4.78, 5) is 38.4. The van der Waals surface area contributed by atoms with Gasteiger partial charge in [-0.25, -0.2) is 0 Å². The third kappa shape index (κ3) is 5.01. The molecule has 1 N–H and O–H groups in total. The van der Waals surface area contributed by atoms with Crippen molar-refractivity contribution in [1.29, 1.82) is 0 Å². The van der Waals surface area contributed by atoms with E-state index in [-0.39, 0.29) is 11.4 Å². The summed E-state index contributed by atoms with van der Waals surface area (Å²) >= 11 is 0.801. The van der Waals surface area contributed by atoms with Crippen molar-refractivity contribution in [3.63, 3.8) is 0 Å². The predicted molar refractivity (Wildman–Crippen MR) is 117 cm³/mol. The van der Waals surface area contributed by atoms with Crippen LogP contribution in [0.3, 0.4) is 0 Å². The fourth-order valence-corrected chi connectivity index (χ4v) is 3.66. The fraction of sp³-hybridized carbons (Fsp3) is 0.227. The second-order valence-electron chi connectivity index (χ2n) is 6.53. The maximum Gasteiger partial charge on any atom is 0.294 e. The molecule has 0 unspecified atom stereocenters. The maximum atomic E-state index is 12.7. The molecule has 1 aliphatic heterocycles. The summed E-state index contributed by atoms with van der Waals surface area (Å²) < 4.78 is 10.8. The van der Waals surface area contributed by atoms with Gasteiger partial charge in [-0.05, 0) is 61.5 Å². The largest absolute Gasteiger partial charge is 0.493 e. The van der Waals surface area contributed by atoms with E-state index in [1.54, 1.807) is 36.4 Å². The third-order valence-electron chi connectivity index (χ3n) is 4.30. The number of amides is 3. The Kier molecular flexibility index (Phi) is 6.79. The van der Waals surface area contributed by atoms with Crippen LogP contribution in [0, 0.1) is 6.92 Å². The van der Waals surface area contributed by atoms with Crippen LogP contribution in [0.25, 0.3) is 6.08 Å². The smallest absolute Gasteiger partial charge is 0.294 e. The lowest BCUT2D eigenvalue weighted by molar-refractivity contribution is -0.127. The van der Waals surface area contributed by atoms with E-state index >= 15 is 0 Å². The van der Waals surface area contributed by atoms with Crippen molar-refractivity contribution in [3.8, 4) is 11.5 Å². The Bertz CT molecular complexity index is 1000. The predicted octanol–water partition coefficient (Wildman–Crippen LogP) is 4.08. The molecule has 30 heavy (non-hydrogen) atoms. The molecule has 3 amide bonds. The van der Waals surface area contributed by atoms with Gasteiger partial charge in [0.05, 0.1) is 18.6 Å². The van der Waals surface area contributed by atoms with Crippen LogP contribution in [-0.2, 0) is 9.59 Å². The molecule has 2 aromatic carbocycles.